The van der Waals surface area contributed by atoms with Gasteiger partial charge in [0, 0.05) is 31.0 Å². The van der Waals surface area contributed by atoms with Crippen LogP contribution in [0.4, 0.5) is 21.0 Å². The van der Waals surface area contributed by atoms with Gasteiger partial charge in [-0.3, -0.25) is 4.90 Å². The molecule has 0 unspecified atom stereocenters. The van der Waals surface area contributed by atoms with Crippen LogP contribution in [0.1, 0.15) is 17.5 Å². The number of hydrogen-bond donors (Lipinski definition) is 3. The Morgan fingerprint density at radius 1 is 1.19 bits per heavy atom. The van der Waals surface area contributed by atoms with Crippen molar-refractivity contribution in [2.45, 2.75) is 19.4 Å². The summed E-state index contributed by atoms with van der Waals surface area (Å²) in [6.07, 6.45) is 1.26. The van der Waals surface area contributed by atoms with E-state index in [9.17, 15) is 9.59 Å². The van der Waals surface area contributed by atoms with Crippen molar-refractivity contribution in [1.29, 1.82) is 5.26 Å². The van der Waals surface area contributed by atoms with E-state index in [-0.39, 0.29) is 12.1 Å². The molecule has 0 spiro atoms. The number of nitriles is 1. The molecule has 1 aliphatic rings. The van der Waals surface area contributed by atoms with E-state index in [1.165, 1.54) is 0 Å². The Kier molecular flexibility index (Phi) is 5.90. The molecule has 0 aromatic heterocycles. The van der Waals surface area contributed by atoms with Crippen LogP contribution in [0.3, 0.4) is 0 Å². The lowest BCUT2D eigenvalue weighted by molar-refractivity contribution is 0.243. The zero-order valence-electron chi connectivity index (χ0n) is 14.9. The average Bonchev–Trinajstić information content (AvgIpc) is 2.68. The topological polar surface area (TPSA) is 97.3 Å². The second kappa shape index (κ2) is 8.72. The molecule has 2 aromatic carbocycles. The first-order valence-electron chi connectivity index (χ1n) is 8.81. The molecule has 3 N–H and O–H groups in total. The van der Waals surface area contributed by atoms with Crippen molar-refractivity contribution in [3.8, 4) is 6.07 Å². The first-order valence-corrected chi connectivity index (χ1v) is 8.81. The molecule has 3 rings (SSSR count). The lowest BCUT2D eigenvalue weighted by atomic mass is 10.1. The molecule has 1 aliphatic heterocycles. The third-order valence-corrected chi connectivity index (χ3v) is 4.25. The Balaban J connectivity index is 1.55. The van der Waals surface area contributed by atoms with Crippen LogP contribution in [0.15, 0.2) is 48.5 Å². The maximum absolute atomic E-state index is 12.1. The summed E-state index contributed by atoms with van der Waals surface area (Å²) in [6.45, 7) is 1.73. The quantitative estimate of drug-likeness (QED) is 0.762. The van der Waals surface area contributed by atoms with Crippen molar-refractivity contribution in [1.82, 2.24) is 10.6 Å². The third-order valence-electron chi connectivity index (χ3n) is 4.25. The molecule has 7 heteroatoms. The average molecular weight is 363 g/mol. The Bertz CT molecular complexity index is 857. The number of amides is 4. The number of carbonyl (C=O) groups is 2. The monoisotopic (exact) mass is 363 g/mol. The van der Waals surface area contributed by atoms with Gasteiger partial charge < -0.3 is 16.0 Å². The third kappa shape index (κ3) is 4.98. The van der Waals surface area contributed by atoms with E-state index in [2.05, 4.69) is 22.0 Å². The second-order valence-electron chi connectivity index (χ2n) is 6.25. The highest BCUT2D eigenvalue weighted by Crippen LogP contribution is 2.21. The van der Waals surface area contributed by atoms with Gasteiger partial charge in [0.05, 0.1) is 12.5 Å². The lowest BCUT2D eigenvalue weighted by Crippen LogP contribution is -2.46. The highest BCUT2D eigenvalue weighted by atomic mass is 16.2. The number of urea groups is 2. The Hall–Kier alpha value is -3.53. The second-order valence-corrected chi connectivity index (χ2v) is 6.25. The fourth-order valence-electron chi connectivity index (χ4n) is 2.85. The minimum Gasteiger partial charge on any atom is -0.338 e. The zero-order chi connectivity index (χ0) is 19.1. The standard InChI is InChI=1S/C20H21N5O2/c21-10-9-15-5-7-16(8-6-15)14-23-19(26)24-17-3-1-4-18(13-17)25-12-2-11-22-20(25)27/h1,3-8,13H,2,9,11-12,14H2,(H,22,27)(H2,23,24,26). The van der Waals surface area contributed by atoms with Gasteiger partial charge in [-0.1, -0.05) is 30.3 Å². The number of nitrogens with zero attached hydrogens (tertiary/aromatic N) is 2. The molecule has 1 fully saturated rings. The molecule has 1 heterocycles. The van der Waals surface area contributed by atoms with Crippen LogP contribution in [-0.2, 0) is 13.0 Å². The normalized spacial score (nSPS) is 13.4. The largest absolute Gasteiger partial charge is 0.338 e. The summed E-state index contributed by atoms with van der Waals surface area (Å²) in [5.74, 6) is 0. The maximum Gasteiger partial charge on any atom is 0.321 e. The van der Waals surface area contributed by atoms with Crippen LogP contribution in [0, 0.1) is 11.3 Å². The molecule has 27 heavy (non-hydrogen) atoms. The molecule has 0 bridgehead atoms. The number of rotatable bonds is 5. The molecule has 2 aromatic rings. The van der Waals surface area contributed by atoms with E-state index >= 15 is 0 Å². The highest BCUT2D eigenvalue weighted by molar-refractivity contribution is 5.94. The first-order chi connectivity index (χ1) is 13.2. The van der Waals surface area contributed by atoms with Crippen LogP contribution >= 0.6 is 0 Å². The van der Waals surface area contributed by atoms with Gasteiger partial charge in [0.25, 0.3) is 0 Å². The van der Waals surface area contributed by atoms with Gasteiger partial charge >= 0.3 is 12.1 Å². The zero-order valence-corrected chi connectivity index (χ0v) is 14.9. The summed E-state index contributed by atoms with van der Waals surface area (Å²) in [4.78, 5) is 25.8. The Morgan fingerprint density at radius 3 is 2.70 bits per heavy atom. The number of carbonyl (C=O) groups excluding carboxylic acids is 2. The highest BCUT2D eigenvalue weighted by Gasteiger charge is 2.19. The van der Waals surface area contributed by atoms with E-state index in [1.807, 2.05) is 30.3 Å². The molecule has 0 aliphatic carbocycles. The van der Waals surface area contributed by atoms with E-state index in [0.717, 1.165) is 23.2 Å². The summed E-state index contributed by atoms with van der Waals surface area (Å²) in [5, 5.41) is 17.1. The first kappa shape index (κ1) is 18.3. The number of hydrogen-bond acceptors (Lipinski definition) is 3. The molecular weight excluding hydrogens is 342 g/mol. The van der Waals surface area contributed by atoms with Crippen molar-refractivity contribution < 1.29 is 9.59 Å². The Labute approximate surface area is 158 Å². The van der Waals surface area contributed by atoms with Crippen LogP contribution < -0.4 is 20.9 Å². The number of benzene rings is 2. The fraction of sp³-hybridized carbons (Fsp3) is 0.250. The van der Waals surface area contributed by atoms with E-state index in [1.54, 1.807) is 23.1 Å². The molecule has 0 radical (unpaired) electrons. The number of nitrogens with one attached hydrogen (secondary N) is 3. The predicted octanol–water partition coefficient (Wildman–Crippen LogP) is 2.99. The van der Waals surface area contributed by atoms with Gasteiger partial charge in [-0.2, -0.15) is 5.26 Å². The van der Waals surface area contributed by atoms with Gasteiger partial charge in [-0.05, 0) is 35.7 Å². The van der Waals surface area contributed by atoms with Crippen molar-refractivity contribution in [2.75, 3.05) is 23.3 Å². The summed E-state index contributed by atoms with van der Waals surface area (Å²) in [5.41, 5.74) is 3.26. The Morgan fingerprint density at radius 2 is 1.96 bits per heavy atom. The van der Waals surface area contributed by atoms with Gasteiger partial charge in [-0.25, -0.2) is 9.59 Å². The van der Waals surface area contributed by atoms with Crippen molar-refractivity contribution in [3.05, 3.63) is 59.7 Å². The van der Waals surface area contributed by atoms with E-state index in [0.29, 0.717) is 31.7 Å². The summed E-state index contributed by atoms with van der Waals surface area (Å²) in [6, 6.07) is 16.4. The molecule has 7 nitrogen and oxygen atoms in total. The smallest absolute Gasteiger partial charge is 0.321 e. The fourth-order valence-corrected chi connectivity index (χ4v) is 2.85. The number of anilines is 2. The molecule has 1 saturated heterocycles. The molecule has 138 valence electrons. The predicted molar refractivity (Wildman–Crippen MR) is 103 cm³/mol. The minimum absolute atomic E-state index is 0.123. The van der Waals surface area contributed by atoms with Crippen molar-refractivity contribution in [3.63, 3.8) is 0 Å². The van der Waals surface area contributed by atoms with Gasteiger partial charge in [0.15, 0.2) is 0 Å². The van der Waals surface area contributed by atoms with Crippen LogP contribution in [0.25, 0.3) is 0 Å². The van der Waals surface area contributed by atoms with Gasteiger partial charge in [0.1, 0.15) is 0 Å². The SMILES string of the molecule is N#CCc1ccc(CNC(=O)Nc2cccc(N3CCCNC3=O)c2)cc1. The summed E-state index contributed by atoms with van der Waals surface area (Å²) >= 11 is 0. The summed E-state index contributed by atoms with van der Waals surface area (Å²) < 4.78 is 0. The maximum atomic E-state index is 12.1. The minimum atomic E-state index is -0.323. The van der Waals surface area contributed by atoms with Crippen LogP contribution in [0.5, 0.6) is 0 Å². The van der Waals surface area contributed by atoms with Crippen molar-refractivity contribution in [2.24, 2.45) is 0 Å². The summed E-state index contributed by atoms with van der Waals surface area (Å²) in [7, 11) is 0. The van der Waals surface area contributed by atoms with Crippen LogP contribution in [-0.4, -0.2) is 25.2 Å². The molecular formula is C20H21N5O2. The lowest BCUT2D eigenvalue weighted by Gasteiger charge is -2.27. The van der Waals surface area contributed by atoms with Crippen molar-refractivity contribution >= 4 is 23.4 Å². The molecule has 0 atom stereocenters. The molecule has 4 amide bonds. The van der Waals surface area contributed by atoms with E-state index < -0.39 is 0 Å². The molecule has 0 saturated carbocycles. The van der Waals surface area contributed by atoms with Crippen LogP contribution in [0.2, 0.25) is 0 Å². The van der Waals surface area contributed by atoms with E-state index in [4.69, 9.17) is 5.26 Å². The van der Waals surface area contributed by atoms with Gasteiger partial charge in [0.2, 0.25) is 0 Å². The van der Waals surface area contributed by atoms with Gasteiger partial charge in [-0.15, -0.1) is 0 Å².